The number of carbonyl (C=O) groups excluding carboxylic acids is 2. The molecule has 1 heterocycles. The Hall–Kier alpha value is -0.0800. The van der Waals surface area contributed by atoms with E-state index in [0.717, 1.165) is 23.7 Å². The molecule has 1 saturated heterocycles. The lowest BCUT2D eigenvalue weighted by atomic mass is 9.95. The molecule has 0 aromatic carbocycles. The number of carbonyl (C=O) groups is 2. The van der Waals surface area contributed by atoms with E-state index in [1.54, 1.807) is 23.5 Å². The van der Waals surface area contributed by atoms with Gasteiger partial charge in [0.2, 0.25) is 0 Å². The molecule has 0 bridgehead atoms. The lowest BCUT2D eigenvalue weighted by molar-refractivity contribution is -0.125. The lowest BCUT2D eigenvalue weighted by Crippen LogP contribution is -2.60. The van der Waals surface area contributed by atoms with Crippen LogP contribution in [0.1, 0.15) is 20.3 Å². The van der Waals surface area contributed by atoms with Crippen LogP contribution in [-0.2, 0) is 9.59 Å². The van der Waals surface area contributed by atoms with Crippen LogP contribution in [0.15, 0.2) is 0 Å². The molecule has 0 aliphatic carbocycles. The molecule has 1 fully saturated rings. The van der Waals surface area contributed by atoms with Crippen LogP contribution in [0.3, 0.4) is 0 Å². The van der Waals surface area contributed by atoms with Gasteiger partial charge in [0.15, 0.2) is 11.6 Å². The van der Waals surface area contributed by atoms with Crippen LogP contribution in [0, 0.1) is 0 Å². The molecule has 0 aromatic heterocycles. The Kier molecular flexibility index (Phi) is 7.70. The van der Waals surface area contributed by atoms with E-state index in [1.165, 1.54) is 0 Å². The van der Waals surface area contributed by atoms with Crippen molar-refractivity contribution in [3.63, 3.8) is 0 Å². The Morgan fingerprint density at radius 2 is 1.95 bits per heavy atom. The first-order chi connectivity index (χ1) is 9.88. The summed E-state index contributed by atoms with van der Waals surface area (Å²) in [6.07, 6.45) is 1.08. The molecule has 5 nitrogen and oxygen atoms in total. The lowest BCUT2D eigenvalue weighted by Gasteiger charge is -2.33. The number of thioether (sulfide) groups is 2. The van der Waals surface area contributed by atoms with Gasteiger partial charge in [0.05, 0.1) is 24.2 Å². The minimum Gasteiger partial charge on any atom is -0.324 e. The Balaban J connectivity index is 2.85. The van der Waals surface area contributed by atoms with E-state index in [-0.39, 0.29) is 24.7 Å². The molecule has 4 N–H and O–H groups in total. The fourth-order valence-electron chi connectivity index (χ4n) is 2.03. The molecule has 0 saturated carbocycles. The zero-order valence-corrected chi connectivity index (χ0v) is 14.8. The maximum Gasteiger partial charge on any atom is 0.167 e. The van der Waals surface area contributed by atoms with Gasteiger partial charge in [-0.05, 0) is 38.8 Å². The summed E-state index contributed by atoms with van der Waals surface area (Å²) in [7, 11) is 1.81. The average molecular weight is 334 g/mol. The molecule has 0 radical (unpaired) electrons. The van der Waals surface area contributed by atoms with Gasteiger partial charge in [-0.3, -0.25) is 14.9 Å². The molecular weight excluding hydrogens is 306 g/mol. The molecule has 0 amide bonds. The first kappa shape index (κ1) is 19.0. The molecule has 0 spiro atoms. The fraction of sp³-hybridized carbons (Fsp3) is 0.857. The molecule has 1 aliphatic rings. The van der Waals surface area contributed by atoms with Gasteiger partial charge in [0.25, 0.3) is 0 Å². The largest absolute Gasteiger partial charge is 0.324 e. The molecule has 0 aromatic rings. The highest BCUT2D eigenvalue weighted by atomic mass is 32.2. The van der Waals surface area contributed by atoms with Gasteiger partial charge >= 0.3 is 0 Å². The second-order valence-corrected chi connectivity index (χ2v) is 7.99. The molecule has 1 rings (SSSR count). The Bertz CT molecular complexity index is 381. The van der Waals surface area contributed by atoms with E-state index < -0.39 is 11.1 Å². The summed E-state index contributed by atoms with van der Waals surface area (Å²) < 4.78 is 0. The summed E-state index contributed by atoms with van der Waals surface area (Å²) >= 11 is 3.55. The topological polar surface area (TPSA) is 84.2 Å². The van der Waals surface area contributed by atoms with Crippen molar-refractivity contribution >= 4 is 35.1 Å². The van der Waals surface area contributed by atoms with E-state index in [9.17, 15) is 9.59 Å². The summed E-state index contributed by atoms with van der Waals surface area (Å²) in [6, 6.07) is 0. The van der Waals surface area contributed by atoms with E-state index >= 15 is 0 Å². The number of nitrogens with two attached hydrogens (primary N) is 1. The Labute approximate surface area is 135 Å². The van der Waals surface area contributed by atoms with Crippen LogP contribution in [0.5, 0.6) is 0 Å². The maximum absolute atomic E-state index is 12.5. The van der Waals surface area contributed by atoms with Crippen molar-refractivity contribution in [1.82, 2.24) is 10.6 Å². The maximum atomic E-state index is 12.5. The second kappa shape index (κ2) is 8.53. The Morgan fingerprint density at radius 3 is 2.52 bits per heavy atom. The molecule has 21 heavy (non-hydrogen) atoms. The number of Topliss-reactive ketones (excluding diaryl/α,β-unsaturated/α-hetero) is 2. The molecule has 2 atom stereocenters. The predicted octanol–water partition coefficient (Wildman–Crippen LogP) is 0.280. The molecule has 1 aliphatic heterocycles. The van der Waals surface area contributed by atoms with Crippen molar-refractivity contribution in [2.24, 2.45) is 5.73 Å². The highest BCUT2D eigenvalue weighted by Gasteiger charge is 2.36. The van der Waals surface area contributed by atoms with Crippen LogP contribution in [0.2, 0.25) is 0 Å². The van der Waals surface area contributed by atoms with Crippen molar-refractivity contribution in [1.29, 1.82) is 0 Å². The average Bonchev–Trinajstić information content (AvgIpc) is 2.49. The van der Waals surface area contributed by atoms with Gasteiger partial charge in [-0.15, -0.1) is 0 Å². The van der Waals surface area contributed by atoms with Crippen LogP contribution in [0.4, 0.5) is 0 Å². The van der Waals surface area contributed by atoms with E-state index in [4.69, 9.17) is 5.73 Å². The van der Waals surface area contributed by atoms with Crippen molar-refractivity contribution in [3.8, 4) is 0 Å². The summed E-state index contributed by atoms with van der Waals surface area (Å²) in [6.45, 7) is 3.95. The second-order valence-electron chi connectivity index (χ2n) is 5.78. The van der Waals surface area contributed by atoms with E-state index in [1.807, 2.05) is 20.9 Å². The smallest absolute Gasteiger partial charge is 0.167 e. The van der Waals surface area contributed by atoms with Crippen molar-refractivity contribution < 1.29 is 9.59 Å². The zero-order chi connectivity index (χ0) is 15.9. The van der Waals surface area contributed by atoms with Crippen LogP contribution >= 0.6 is 23.5 Å². The number of rotatable bonds is 3. The SMILES string of the molecule is CN[C@@]1(C)CSCCCSC[C@@](C)(C(=O)CN)NCC1=O. The number of likely N-dealkylation sites (N-methyl/N-ethyl adjacent to an activating group) is 1. The fourth-order valence-corrected chi connectivity index (χ4v) is 4.59. The third-order valence-electron chi connectivity index (χ3n) is 3.97. The van der Waals surface area contributed by atoms with Crippen LogP contribution < -0.4 is 16.4 Å². The normalized spacial score (nSPS) is 33.0. The van der Waals surface area contributed by atoms with Crippen LogP contribution in [-0.4, -0.2) is 65.8 Å². The van der Waals surface area contributed by atoms with Gasteiger partial charge in [0.1, 0.15) is 0 Å². The van der Waals surface area contributed by atoms with Gasteiger partial charge in [-0.1, -0.05) is 0 Å². The number of nitrogens with one attached hydrogen (secondary N) is 2. The van der Waals surface area contributed by atoms with Crippen molar-refractivity contribution in [2.75, 3.05) is 43.1 Å². The molecular formula is C14H27N3O2S2. The molecule has 7 heteroatoms. The summed E-state index contributed by atoms with van der Waals surface area (Å²) in [5.41, 5.74) is 4.23. The highest BCUT2D eigenvalue weighted by Crippen LogP contribution is 2.20. The first-order valence-electron chi connectivity index (χ1n) is 7.24. The molecule has 0 unspecified atom stereocenters. The summed E-state index contributed by atoms with van der Waals surface area (Å²) in [5.74, 6) is 3.49. The van der Waals surface area contributed by atoms with E-state index in [0.29, 0.717) is 5.75 Å². The standard InChI is InChI=1S/C14H27N3O2S2/c1-13(16-3)9-20-5-4-6-21-10-14(2,11(18)7-15)17-8-12(13)19/h16-17H,4-10,15H2,1-3H3/t13-,14-/m0/s1. The summed E-state index contributed by atoms with van der Waals surface area (Å²) in [5, 5.41) is 6.28. The molecule has 122 valence electrons. The van der Waals surface area contributed by atoms with Gasteiger partial charge in [-0.2, -0.15) is 23.5 Å². The van der Waals surface area contributed by atoms with Gasteiger partial charge in [0, 0.05) is 11.5 Å². The number of hydrogen-bond acceptors (Lipinski definition) is 7. The summed E-state index contributed by atoms with van der Waals surface area (Å²) in [4.78, 5) is 24.6. The zero-order valence-electron chi connectivity index (χ0n) is 13.2. The quantitative estimate of drug-likeness (QED) is 0.684. The van der Waals surface area contributed by atoms with Gasteiger partial charge in [-0.25, -0.2) is 0 Å². The van der Waals surface area contributed by atoms with Crippen LogP contribution in [0.25, 0.3) is 0 Å². The Morgan fingerprint density at radius 1 is 1.33 bits per heavy atom. The number of ketones is 2. The number of hydrogen-bond donors (Lipinski definition) is 3. The third-order valence-corrected chi connectivity index (χ3v) is 6.68. The van der Waals surface area contributed by atoms with E-state index in [2.05, 4.69) is 10.6 Å². The third kappa shape index (κ3) is 5.25. The predicted molar refractivity (Wildman–Crippen MR) is 92.2 cm³/mol. The minimum absolute atomic E-state index is 0.00258. The minimum atomic E-state index is -0.726. The van der Waals surface area contributed by atoms with Crippen molar-refractivity contribution in [2.45, 2.75) is 31.3 Å². The monoisotopic (exact) mass is 333 g/mol. The highest BCUT2D eigenvalue weighted by molar-refractivity contribution is 8.00. The van der Waals surface area contributed by atoms with Crippen molar-refractivity contribution in [3.05, 3.63) is 0 Å². The first-order valence-corrected chi connectivity index (χ1v) is 9.55. The van der Waals surface area contributed by atoms with Gasteiger partial charge < -0.3 is 11.1 Å².